The van der Waals surface area contributed by atoms with E-state index in [1.54, 1.807) is 0 Å². The molecule has 1 aliphatic rings. The third kappa shape index (κ3) is 2.48. The van der Waals surface area contributed by atoms with Crippen molar-refractivity contribution in [2.45, 2.75) is 58.7 Å². The second kappa shape index (κ2) is 5.13. The lowest BCUT2D eigenvalue weighted by Gasteiger charge is -2.36. The van der Waals surface area contributed by atoms with Crippen LogP contribution in [0.2, 0.25) is 0 Å². The second-order valence-electron chi connectivity index (χ2n) is 5.01. The van der Waals surface area contributed by atoms with E-state index in [1.165, 1.54) is 19.4 Å². The summed E-state index contributed by atoms with van der Waals surface area (Å²) in [6.45, 7) is 10.6. The molecule has 0 bridgehead atoms. The van der Waals surface area contributed by atoms with Gasteiger partial charge in [-0.05, 0) is 46.2 Å². The predicted molar refractivity (Wildman–Crippen MR) is 62.5 cm³/mol. The van der Waals surface area contributed by atoms with Crippen molar-refractivity contribution < 1.29 is 0 Å². The van der Waals surface area contributed by atoms with Crippen LogP contribution in [0.15, 0.2) is 0 Å². The Morgan fingerprint density at radius 2 is 1.86 bits per heavy atom. The number of nitrogens with one attached hydrogen (secondary N) is 1. The van der Waals surface area contributed by atoms with Crippen LogP contribution in [0.5, 0.6) is 0 Å². The zero-order valence-corrected chi connectivity index (χ0v) is 10.4. The average Bonchev–Trinajstić information content (AvgIpc) is 2.63. The van der Waals surface area contributed by atoms with Gasteiger partial charge in [-0.3, -0.25) is 4.90 Å². The fourth-order valence-electron chi connectivity index (χ4n) is 2.57. The predicted octanol–water partition coefficient (Wildman–Crippen LogP) is 2.10. The molecule has 3 unspecified atom stereocenters. The molecule has 1 heterocycles. The molecule has 0 spiro atoms. The highest BCUT2D eigenvalue weighted by molar-refractivity contribution is 4.88. The average molecular weight is 198 g/mol. The van der Waals surface area contributed by atoms with E-state index in [1.807, 2.05) is 0 Å². The third-order valence-electron chi connectivity index (χ3n) is 3.81. The second-order valence-corrected chi connectivity index (χ2v) is 5.01. The Balaban J connectivity index is 2.57. The molecule has 0 aliphatic carbocycles. The molecule has 1 fully saturated rings. The Hall–Kier alpha value is -0.0800. The van der Waals surface area contributed by atoms with Gasteiger partial charge in [-0.25, -0.2) is 0 Å². The van der Waals surface area contributed by atoms with E-state index in [4.69, 9.17) is 0 Å². The molecule has 0 aromatic carbocycles. The highest BCUT2D eigenvalue weighted by atomic mass is 15.2. The summed E-state index contributed by atoms with van der Waals surface area (Å²) in [5.41, 5.74) is 0. The zero-order valence-electron chi connectivity index (χ0n) is 10.4. The summed E-state index contributed by atoms with van der Waals surface area (Å²) >= 11 is 0. The van der Waals surface area contributed by atoms with Crippen LogP contribution >= 0.6 is 0 Å². The van der Waals surface area contributed by atoms with Crippen LogP contribution < -0.4 is 5.32 Å². The van der Waals surface area contributed by atoms with Crippen molar-refractivity contribution in [3.05, 3.63) is 0 Å². The van der Waals surface area contributed by atoms with Gasteiger partial charge in [0.15, 0.2) is 0 Å². The van der Waals surface area contributed by atoms with Gasteiger partial charge < -0.3 is 5.32 Å². The number of nitrogens with zero attached hydrogens (tertiary/aromatic N) is 1. The normalized spacial score (nSPS) is 28.3. The smallest absolute Gasteiger partial charge is 0.0221 e. The van der Waals surface area contributed by atoms with E-state index in [0.717, 1.165) is 12.0 Å². The molecule has 1 saturated heterocycles. The first kappa shape index (κ1) is 12.0. The van der Waals surface area contributed by atoms with Gasteiger partial charge in [0.1, 0.15) is 0 Å². The van der Waals surface area contributed by atoms with E-state index in [9.17, 15) is 0 Å². The lowest BCUT2D eigenvalue weighted by molar-refractivity contribution is 0.133. The molecule has 84 valence electrons. The van der Waals surface area contributed by atoms with E-state index < -0.39 is 0 Å². The fourth-order valence-corrected chi connectivity index (χ4v) is 2.57. The summed E-state index contributed by atoms with van der Waals surface area (Å²) in [6.07, 6.45) is 2.77. The Morgan fingerprint density at radius 1 is 1.21 bits per heavy atom. The molecular formula is C12H26N2. The summed E-state index contributed by atoms with van der Waals surface area (Å²) in [5, 5.41) is 3.36. The van der Waals surface area contributed by atoms with Crippen LogP contribution in [-0.4, -0.2) is 36.6 Å². The quantitative estimate of drug-likeness (QED) is 0.744. The van der Waals surface area contributed by atoms with Crippen molar-refractivity contribution in [1.29, 1.82) is 0 Å². The molecule has 1 aliphatic heterocycles. The van der Waals surface area contributed by atoms with Crippen molar-refractivity contribution in [2.75, 3.05) is 13.6 Å². The minimum absolute atomic E-state index is 0.592. The first-order valence-electron chi connectivity index (χ1n) is 6.01. The monoisotopic (exact) mass is 198 g/mol. The minimum Gasteiger partial charge on any atom is -0.316 e. The lowest BCUT2D eigenvalue weighted by Crippen LogP contribution is -2.49. The summed E-state index contributed by atoms with van der Waals surface area (Å²) in [4.78, 5) is 2.69. The molecule has 2 nitrogen and oxygen atoms in total. The van der Waals surface area contributed by atoms with Gasteiger partial charge in [0, 0.05) is 18.1 Å². The maximum atomic E-state index is 3.36. The first-order valence-corrected chi connectivity index (χ1v) is 6.01. The molecule has 3 atom stereocenters. The van der Waals surface area contributed by atoms with E-state index >= 15 is 0 Å². The van der Waals surface area contributed by atoms with Crippen molar-refractivity contribution >= 4 is 0 Å². The van der Waals surface area contributed by atoms with E-state index in [-0.39, 0.29) is 0 Å². The van der Waals surface area contributed by atoms with Crippen LogP contribution in [0.25, 0.3) is 0 Å². The zero-order chi connectivity index (χ0) is 10.7. The van der Waals surface area contributed by atoms with Gasteiger partial charge in [-0.2, -0.15) is 0 Å². The molecule has 14 heavy (non-hydrogen) atoms. The number of likely N-dealkylation sites (tertiary alicyclic amines) is 1. The van der Waals surface area contributed by atoms with Gasteiger partial charge >= 0.3 is 0 Å². The van der Waals surface area contributed by atoms with Crippen LogP contribution in [0.4, 0.5) is 0 Å². The Labute approximate surface area is 89.1 Å². The molecule has 0 saturated carbocycles. The Bertz CT molecular complexity index is 168. The van der Waals surface area contributed by atoms with Crippen molar-refractivity contribution in [2.24, 2.45) is 5.92 Å². The third-order valence-corrected chi connectivity index (χ3v) is 3.81. The minimum atomic E-state index is 0.592. The summed E-state index contributed by atoms with van der Waals surface area (Å²) in [5.74, 6) is 0.795. The van der Waals surface area contributed by atoms with Gasteiger partial charge in [0.25, 0.3) is 0 Å². The standard InChI is InChI=1S/C12H26N2/c1-9(2)12-7-6-8-14(12)11(4)10(3)13-5/h9-13H,6-8H2,1-5H3. The van der Waals surface area contributed by atoms with Gasteiger partial charge in [0.2, 0.25) is 0 Å². The molecule has 2 heteroatoms. The van der Waals surface area contributed by atoms with E-state index in [0.29, 0.717) is 12.1 Å². The Morgan fingerprint density at radius 3 is 2.36 bits per heavy atom. The van der Waals surface area contributed by atoms with Crippen molar-refractivity contribution in [3.63, 3.8) is 0 Å². The van der Waals surface area contributed by atoms with Gasteiger partial charge in [-0.1, -0.05) is 13.8 Å². The molecule has 1 N–H and O–H groups in total. The van der Waals surface area contributed by atoms with Crippen molar-refractivity contribution in [1.82, 2.24) is 10.2 Å². The van der Waals surface area contributed by atoms with Crippen molar-refractivity contribution in [3.8, 4) is 0 Å². The molecule has 0 radical (unpaired) electrons. The summed E-state index contributed by atoms with van der Waals surface area (Å²) < 4.78 is 0. The first-order chi connectivity index (χ1) is 6.57. The van der Waals surface area contributed by atoms with Gasteiger partial charge in [0.05, 0.1) is 0 Å². The summed E-state index contributed by atoms with van der Waals surface area (Å²) in [7, 11) is 2.06. The fraction of sp³-hybridized carbons (Fsp3) is 1.00. The van der Waals surface area contributed by atoms with Gasteiger partial charge in [-0.15, -0.1) is 0 Å². The number of hydrogen-bond donors (Lipinski definition) is 1. The largest absolute Gasteiger partial charge is 0.316 e. The number of rotatable bonds is 4. The van der Waals surface area contributed by atoms with Crippen LogP contribution in [0, 0.1) is 5.92 Å². The number of likely N-dealkylation sites (N-methyl/N-ethyl adjacent to an activating group) is 1. The maximum Gasteiger partial charge on any atom is 0.0221 e. The molecule has 0 aromatic rings. The van der Waals surface area contributed by atoms with Crippen LogP contribution in [0.1, 0.15) is 40.5 Å². The topological polar surface area (TPSA) is 15.3 Å². The SMILES string of the molecule is CNC(C)C(C)N1CCCC1C(C)C. The Kier molecular flexibility index (Phi) is 4.39. The highest BCUT2D eigenvalue weighted by Gasteiger charge is 2.32. The lowest BCUT2D eigenvalue weighted by atomic mass is 9.99. The van der Waals surface area contributed by atoms with E-state index in [2.05, 4.69) is 45.0 Å². The molecule has 0 amide bonds. The maximum absolute atomic E-state index is 3.36. The van der Waals surface area contributed by atoms with Crippen LogP contribution in [-0.2, 0) is 0 Å². The number of hydrogen-bond acceptors (Lipinski definition) is 2. The molecule has 0 aromatic heterocycles. The van der Waals surface area contributed by atoms with Crippen LogP contribution in [0.3, 0.4) is 0 Å². The molecular weight excluding hydrogens is 172 g/mol. The molecule has 1 rings (SSSR count). The summed E-state index contributed by atoms with van der Waals surface area (Å²) in [6, 6.07) is 2.06. The highest BCUT2D eigenvalue weighted by Crippen LogP contribution is 2.26.